The van der Waals surface area contributed by atoms with Crippen LogP contribution in [-0.4, -0.2) is 23.1 Å². The Labute approximate surface area is 151 Å². The smallest absolute Gasteiger partial charge is 0.233 e. The summed E-state index contributed by atoms with van der Waals surface area (Å²) in [4.78, 5) is 27.0. The first-order valence-electron chi connectivity index (χ1n) is 7.80. The molecule has 1 heterocycles. The number of halogens is 2. The second-order valence-corrected chi connectivity index (χ2v) is 6.79. The van der Waals surface area contributed by atoms with Crippen molar-refractivity contribution in [2.45, 2.75) is 19.9 Å². The summed E-state index contributed by atoms with van der Waals surface area (Å²) in [5, 5.41) is 1.06. The van der Waals surface area contributed by atoms with E-state index in [1.165, 1.54) is 0 Å². The molecule has 5 heteroatoms. The van der Waals surface area contributed by atoms with Crippen molar-refractivity contribution in [2.75, 3.05) is 6.54 Å². The summed E-state index contributed by atoms with van der Waals surface area (Å²) in [5.74, 6) is -0.877. The molecule has 124 valence electrons. The average molecular weight is 362 g/mol. The van der Waals surface area contributed by atoms with E-state index in [1.807, 2.05) is 25.1 Å². The van der Waals surface area contributed by atoms with Gasteiger partial charge < -0.3 is 4.90 Å². The van der Waals surface area contributed by atoms with Crippen molar-refractivity contribution < 1.29 is 9.59 Å². The third-order valence-corrected chi connectivity index (χ3v) is 5.14. The molecule has 2 aromatic rings. The lowest BCUT2D eigenvalue weighted by Gasteiger charge is -2.18. The Morgan fingerprint density at radius 1 is 1.12 bits per heavy atom. The molecule has 3 nitrogen and oxygen atoms in total. The summed E-state index contributed by atoms with van der Waals surface area (Å²) >= 11 is 12.4. The molecule has 24 heavy (non-hydrogen) atoms. The number of Topliss-reactive ketones (excluding diaryl/α,β-unsaturated/α-hetero) is 1. The first-order chi connectivity index (χ1) is 11.5. The topological polar surface area (TPSA) is 37.4 Å². The summed E-state index contributed by atoms with van der Waals surface area (Å²) in [7, 11) is 0. The van der Waals surface area contributed by atoms with Crippen molar-refractivity contribution in [3.05, 3.63) is 69.2 Å². The summed E-state index contributed by atoms with van der Waals surface area (Å²) in [6.45, 7) is 2.74. The van der Waals surface area contributed by atoms with Gasteiger partial charge in [0.1, 0.15) is 5.92 Å². The number of amides is 1. The second-order valence-electron chi connectivity index (χ2n) is 5.98. The molecule has 0 saturated carbocycles. The fourth-order valence-corrected chi connectivity index (χ4v) is 3.57. The summed E-state index contributed by atoms with van der Waals surface area (Å²) < 4.78 is 0. The zero-order valence-electron chi connectivity index (χ0n) is 13.3. The van der Waals surface area contributed by atoms with Gasteiger partial charge in [0.05, 0.1) is 0 Å². The molecule has 1 aliphatic heterocycles. The molecule has 2 aromatic carbocycles. The Kier molecular flexibility index (Phi) is 4.93. The molecule has 0 N–H and O–H groups in total. The molecule has 0 bridgehead atoms. The molecule has 1 unspecified atom stereocenters. The minimum absolute atomic E-state index is 0.106. The van der Waals surface area contributed by atoms with Crippen LogP contribution in [0.2, 0.25) is 10.0 Å². The van der Waals surface area contributed by atoms with Crippen LogP contribution in [0.25, 0.3) is 0 Å². The van der Waals surface area contributed by atoms with Crippen LogP contribution in [0.1, 0.15) is 27.9 Å². The van der Waals surface area contributed by atoms with Crippen molar-refractivity contribution in [2.24, 2.45) is 5.92 Å². The quantitative estimate of drug-likeness (QED) is 0.592. The van der Waals surface area contributed by atoms with E-state index >= 15 is 0 Å². The predicted molar refractivity (Wildman–Crippen MR) is 95.5 cm³/mol. The predicted octanol–water partition coefficient (Wildman–Crippen LogP) is 4.53. The number of likely N-dealkylation sites (tertiary alicyclic amines) is 1. The zero-order valence-corrected chi connectivity index (χ0v) is 14.8. The Hall–Kier alpha value is -1.84. The Morgan fingerprint density at radius 2 is 1.79 bits per heavy atom. The third-order valence-electron chi connectivity index (χ3n) is 4.44. The highest BCUT2D eigenvalue weighted by Crippen LogP contribution is 2.30. The van der Waals surface area contributed by atoms with Crippen LogP contribution in [0.4, 0.5) is 0 Å². The maximum atomic E-state index is 12.7. The van der Waals surface area contributed by atoms with E-state index in [0.717, 1.165) is 11.1 Å². The van der Waals surface area contributed by atoms with Crippen LogP contribution in [-0.2, 0) is 11.3 Å². The van der Waals surface area contributed by atoms with Gasteiger partial charge in [0.15, 0.2) is 5.78 Å². The SMILES string of the molecule is Cc1ccccc1C(=O)C1CCN(Cc2c(Cl)cccc2Cl)C1=O. The van der Waals surface area contributed by atoms with Gasteiger partial charge >= 0.3 is 0 Å². The first kappa shape index (κ1) is 17.0. The van der Waals surface area contributed by atoms with Crippen molar-refractivity contribution in [3.8, 4) is 0 Å². The lowest BCUT2D eigenvalue weighted by Crippen LogP contribution is -2.30. The maximum absolute atomic E-state index is 12.7. The van der Waals surface area contributed by atoms with Crippen LogP contribution in [0.5, 0.6) is 0 Å². The van der Waals surface area contributed by atoms with Crippen LogP contribution >= 0.6 is 23.2 Å². The molecule has 1 aliphatic rings. The standard InChI is InChI=1S/C19H17Cl2NO2/c1-12-5-2-3-6-13(12)18(23)14-9-10-22(19(14)24)11-15-16(20)7-4-8-17(15)21/h2-8,14H,9-11H2,1H3. The van der Waals surface area contributed by atoms with Gasteiger partial charge in [-0.25, -0.2) is 0 Å². The largest absolute Gasteiger partial charge is 0.338 e. The molecule has 0 radical (unpaired) electrons. The van der Waals surface area contributed by atoms with Gasteiger partial charge in [-0.1, -0.05) is 53.5 Å². The highest BCUT2D eigenvalue weighted by atomic mass is 35.5. The monoisotopic (exact) mass is 361 g/mol. The number of hydrogen-bond acceptors (Lipinski definition) is 2. The summed E-state index contributed by atoms with van der Waals surface area (Å²) in [6.07, 6.45) is 0.522. The van der Waals surface area contributed by atoms with E-state index < -0.39 is 5.92 Å². The van der Waals surface area contributed by atoms with E-state index in [0.29, 0.717) is 35.1 Å². The number of aryl methyl sites for hydroxylation is 1. The number of carbonyl (C=O) groups is 2. The van der Waals surface area contributed by atoms with Crippen molar-refractivity contribution in [3.63, 3.8) is 0 Å². The Morgan fingerprint density at radius 3 is 2.46 bits per heavy atom. The highest BCUT2D eigenvalue weighted by molar-refractivity contribution is 6.36. The lowest BCUT2D eigenvalue weighted by molar-refractivity contribution is -0.130. The minimum atomic E-state index is -0.618. The van der Waals surface area contributed by atoms with Crippen LogP contribution in [0.15, 0.2) is 42.5 Å². The van der Waals surface area contributed by atoms with Crippen LogP contribution < -0.4 is 0 Å². The van der Waals surface area contributed by atoms with Crippen molar-refractivity contribution in [1.82, 2.24) is 4.90 Å². The number of rotatable bonds is 4. The molecule has 0 aromatic heterocycles. The maximum Gasteiger partial charge on any atom is 0.233 e. The van der Waals surface area contributed by atoms with Gasteiger partial charge in [-0.2, -0.15) is 0 Å². The van der Waals surface area contributed by atoms with Crippen molar-refractivity contribution in [1.29, 1.82) is 0 Å². The Balaban J connectivity index is 1.78. The number of ketones is 1. The van der Waals surface area contributed by atoms with E-state index in [4.69, 9.17) is 23.2 Å². The number of carbonyl (C=O) groups excluding carboxylic acids is 2. The summed E-state index contributed by atoms with van der Waals surface area (Å²) in [6, 6.07) is 12.6. The van der Waals surface area contributed by atoms with Gasteiger partial charge in [0.2, 0.25) is 5.91 Å². The van der Waals surface area contributed by atoms with E-state index in [9.17, 15) is 9.59 Å². The second kappa shape index (κ2) is 6.96. The van der Waals surface area contributed by atoms with Gasteiger partial charge in [-0.05, 0) is 31.0 Å². The zero-order chi connectivity index (χ0) is 17.3. The minimum Gasteiger partial charge on any atom is -0.338 e. The molecular weight excluding hydrogens is 345 g/mol. The Bertz CT molecular complexity index is 783. The van der Waals surface area contributed by atoms with Gasteiger partial charge in [-0.15, -0.1) is 0 Å². The molecule has 1 saturated heterocycles. The average Bonchev–Trinajstić information content (AvgIpc) is 2.92. The number of hydrogen-bond donors (Lipinski definition) is 0. The van der Waals surface area contributed by atoms with Crippen molar-refractivity contribution >= 4 is 34.9 Å². The van der Waals surface area contributed by atoms with Crippen LogP contribution in [0, 0.1) is 12.8 Å². The third kappa shape index (κ3) is 3.19. The molecule has 1 amide bonds. The fourth-order valence-electron chi connectivity index (χ4n) is 3.05. The molecule has 0 spiro atoms. The van der Waals surface area contributed by atoms with Crippen LogP contribution in [0.3, 0.4) is 0 Å². The molecule has 1 fully saturated rings. The highest BCUT2D eigenvalue weighted by Gasteiger charge is 2.37. The molecule has 3 rings (SSSR count). The molecular formula is C19H17Cl2NO2. The summed E-state index contributed by atoms with van der Waals surface area (Å²) in [5.41, 5.74) is 2.23. The lowest BCUT2D eigenvalue weighted by atomic mass is 9.93. The van der Waals surface area contributed by atoms with E-state index in [1.54, 1.807) is 29.2 Å². The van der Waals surface area contributed by atoms with E-state index in [-0.39, 0.29) is 11.7 Å². The number of nitrogens with zero attached hydrogens (tertiary/aromatic N) is 1. The van der Waals surface area contributed by atoms with Gasteiger partial charge in [0.25, 0.3) is 0 Å². The van der Waals surface area contributed by atoms with E-state index in [2.05, 4.69) is 0 Å². The first-order valence-corrected chi connectivity index (χ1v) is 8.56. The number of benzene rings is 2. The van der Waals surface area contributed by atoms with Gasteiger partial charge in [0, 0.05) is 34.3 Å². The fraction of sp³-hybridized carbons (Fsp3) is 0.263. The normalized spacial score (nSPS) is 17.4. The molecule has 1 atom stereocenters. The molecule has 0 aliphatic carbocycles. The van der Waals surface area contributed by atoms with Gasteiger partial charge in [-0.3, -0.25) is 9.59 Å².